The summed E-state index contributed by atoms with van der Waals surface area (Å²) in [6, 6.07) is 17.8. The van der Waals surface area contributed by atoms with Crippen molar-refractivity contribution in [1.29, 1.82) is 0 Å². The van der Waals surface area contributed by atoms with Crippen molar-refractivity contribution in [2.45, 2.75) is 33.0 Å². The van der Waals surface area contributed by atoms with E-state index in [-0.39, 0.29) is 0 Å². The van der Waals surface area contributed by atoms with Crippen molar-refractivity contribution < 1.29 is 0 Å². The summed E-state index contributed by atoms with van der Waals surface area (Å²) in [5, 5.41) is 0. The molecule has 0 amide bonds. The summed E-state index contributed by atoms with van der Waals surface area (Å²) < 4.78 is 0. The lowest BCUT2D eigenvalue weighted by molar-refractivity contribution is 0.723. The molecule has 0 saturated heterocycles. The van der Waals surface area contributed by atoms with E-state index in [1.165, 1.54) is 6.04 Å². The van der Waals surface area contributed by atoms with Gasteiger partial charge in [-0.2, -0.15) is 0 Å². The Bertz CT molecular complexity index is 966. The monoisotopic (exact) mass is 370 g/mol. The number of hydrogen-bond donors (Lipinski definition) is 0. The second-order valence-electron chi connectivity index (χ2n) is 7.95. The van der Waals surface area contributed by atoms with Gasteiger partial charge in [-0.1, -0.05) is 51.1 Å². The van der Waals surface area contributed by atoms with Gasteiger partial charge in [0.25, 0.3) is 0 Å². The molecule has 0 unspecified atom stereocenters. The smallest absolute Gasteiger partial charge is 0.133 e. The Morgan fingerprint density at radius 3 is 2.44 bits per heavy atom. The molecule has 2 aromatic heterocycles. The number of rotatable bonds is 4. The average molecular weight is 371 g/mol. The molecular formula is C24H26N2Si. The summed E-state index contributed by atoms with van der Waals surface area (Å²) in [5.74, 6) is 4.13. The Morgan fingerprint density at radius 2 is 1.70 bits per heavy atom. The molecule has 2 nitrogen and oxygen atoms in total. The molecule has 3 heteroatoms. The predicted molar refractivity (Wildman–Crippen MR) is 117 cm³/mol. The topological polar surface area (TPSA) is 25.8 Å². The van der Waals surface area contributed by atoms with Crippen molar-refractivity contribution in [2.75, 3.05) is 0 Å². The van der Waals surface area contributed by atoms with Gasteiger partial charge < -0.3 is 0 Å². The zero-order valence-corrected chi connectivity index (χ0v) is 17.5. The lowest BCUT2D eigenvalue weighted by Gasteiger charge is -2.17. The van der Waals surface area contributed by atoms with Crippen LogP contribution in [0.3, 0.4) is 0 Å². The molecule has 2 heterocycles. The molecule has 0 atom stereocenters. The van der Waals surface area contributed by atoms with Gasteiger partial charge in [0.05, 0.1) is 5.69 Å². The Labute approximate surface area is 163 Å². The molecule has 0 aliphatic carbocycles. The maximum atomic E-state index is 4.65. The lowest BCUT2D eigenvalue weighted by atomic mass is 9.99. The highest BCUT2D eigenvalue weighted by Crippen LogP contribution is 2.30. The zero-order valence-electron chi connectivity index (χ0n) is 16.5. The number of pyridine rings is 2. The molecule has 0 radical (unpaired) electrons. The van der Waals surface area contributed by atoms with E-state index in [2.05, 4.69) is 78.7 Å². The Kier molecular flexibility index (Phi) is 5.88. The van der Waals surface area contributed by atoms with Crippen molar-refractivity contribution in [3.63, 3.8) is 0 Å². The van der Waals surface area contributed by atoms with E-state index in [0.717, 1.165) is 27.9 Å². The van der Waals surface area contributed by atoms with Crippen molar-refractivity contribution in [3.8, 4) is 33.8 Å². The third-order valence-electron chi connectivity index (χ3n) is 4.40. The minimum Gasteiger partial charge on any atom is -0.265 e. The highest BCUT2D eigenvalue weighted by atomic mass is 28.3. The first-order valence-electron chi connectivity index (χ1n) is 9.44. The van der Waals surface area contributed by atoms with Gasteiger partial charge in [0.2, 0.25) is 0 Å². The van der Waals surface area contributed by atoms with Crippen LogP contribution in [0.2, 0.25) is 19.1 Å². The molecule has 27 heavy (non-hydrogen) atoms. The normalized spacial score (nSPS) is 11.1. The van der Waals surface area contributed by atoms with E-state index in [4.69, 9.17) is 0 Å². The van der Waals surface area contributed by atoms with E-state index in [9.17, 15) is 0 Å². The highest BCUT2D eigenvalue weighted by molar-refractivity contribution is 6.85. The van der Waals surface area contributed by atoms with Crippen LogP contribution in [-0.4, -0.2) is 18.0 Å². The standard InChI is InChI=1S/C24H26N2Si/c1-19(2)18-27(3,4)16-12-20-7-5-8-22(17-20)24-23(9-6-13-26-24)21-10-14-25-15-11-21/h5-11,13-15,17,19H,18H2,1-4H3. The predicted octanol–water partition coefficient (Wildman–Crippen LogP) is 6.07. The van der Waals surface area contributed by atoms with Gasteiger partial charge in [0, 0.05) is 35.3 Å². The van der Waals surface area contributed by atoms with Crippen molar-refractivity contribution in [3.05, 3.63) is 72.7 Å². The molecule has 0 spiro atoms. The number of hydrogen-bond acceptors (Lipinski definition) is 2. The third kappa shape index (κ3) is 5.15. The molecule has 0 fully saturated rings. The first kappa shape index (κ1) is 19.1. The fourth-order valence-corrected chi connectivity index (χ4v) is 6.08. The summed E-state index contributed by atoms with van der Waals surface area (Å²) in [4.78, 5) is 8.78. The van der Waals surface area contributed by atoms with Crippen molar-refractivity contribution >= 4 is 8.07 Å². The van der Waals surface area contributed by atoms with E-state index < -0.39 is 8.07 Å². The first-order chi connectivity index (χ1) is 12.9. The second-order valence-corrected chi connectivity index (χ2v) is 12.4. The lowest BCUT2D eigenvalue weighted by Crippen LogP contribution is -2.25. The van der Waals surface area contributed by atoms with Crippen LogP contribution in [0, 0.1) is 17.4 Å². The summed E-state index contributed by atoms with van der Waals surface area (Å²) in [5.41, 5.74) is 8.95. The summed E-state index contributed by atoms with van der Waals surface area (Å²) in [7, 11) is -1.49. The molecular weight excluding hydrogens is 344 g/mol. The van der Waals surface area contributed by atoms with Crippen LogP contribution in [0.25, 0.3) is 22.4 Å². The Balaban J connectivity index is 1.97. The summed E-state index contributed by atoms with van der Waals surface area (Å²) in [6.45, 7) is 9.26. The Hall–Kier alpha value is -2.70. The molecule has 0 saturated carbocycles. The van der Waals surface area contributed by atoms with Crippen LogP contribution in [0.4, 0.5) is 0 Å². The minimum absolute atomic E-state index is 0.698. The van der Waals surface area contributed by atoms with E-state index >= 15 is 0 Å². The second kappa shape index (κ2) is 8.33. The van der Waals surface area contributed by atoms with Crippen LogP contribution >= 0.6 is 0 Å². The molecule has 1 aromatic carbocycles. The van der Waals surface area contributed by atoms with Crippen LogP contribution in [-0.2, 0) is 0 Å². The quantitative estimate of drug-likeness (QED) is 0.412. The minimum atomic E-state index is -1.49. The van der Waals surface area contributed by atoms with Gasteiger partial charge in [-0.25, -0.2) is 0 Å². The molecule has 3 rings (SSSR count). The molecule has 0 aliphatic heterocycles. The van der Waals surface area contributed by atoms with Crippen molar-refractivity contribution in [1.82, 2.24) is 9.97 Å². The molecule has 136 valence electrons. The van der Waals surface area contributed by atoms with Gasteiger partial charge in [0.15, 0.2) is 0 Å². The van der Waals surface area contributed by atoms with E-state index in [1.807, 2.05) is 36.8 Å². The van der Waals surface area contributed by atoms with Gasteiger partial charge in [-0.05, 0) is 47.9 Å². The SMILES string of the molecule is CC(C)C[Si](C)(C)C#Cc1cccc(-c2ncccc2-c2ccncc2)c1. The zero-order chi connectivity index (χ0) is 19.3. The van der Waals surface area contributed by atoms with Crippen LogP contribution in [0.1, 0.15) is 19.4 Å². The Morgan fingerprint density at radius 1 is 0.926 bits per heavy atom. The van der Waals surface area contributed by atoms with Crippen molar-refractivity contribution in [2.24, 2.45) is 5.92 Å². The van der Waals surface area contributed by atoms with Gasteiger partial charge in [0.1, 0.15) is 8.07 Å². The molecule has 3 aromatic rings. The largest absolute Gasteiger partial charge is 0.265 e. The number of aromatic nitrogens is 2. The average Bonchev–Trinajstić information content (AvgIpc) is 2.66. The number of nitrogens with zero attached hydrogens (tertiary/aromatic N) is 2. The van der Waals surface area contributed by atoms with Gasteiger partial charge >= 0.3 is 0 Å². The fraction of sp³-hybridized carbons (Fsp3) is 0.250. The number of benzene rings is 1. The van der Waals surface area contributed by atoms with E-state index in [0.29, 0.717) is 5.92 Å². The summed E-state index contributed by atoms with van der Waals surface area (Å²) >= 11 is 0. The summed E-state index contributed by atoms with van der Waals surface area (Å²) in [6.07, 6.45) is 5.47. The maximum absolute atomic E-state index is 4.65. The molecule has 0 aliphatic rings. The van der Waals surface area contributed by atoms with Crippen LogP contribution in [0.5, 0.6) is 0 Å². The molecule has 0 N–H and O–H groups in total. The maximum Gasteiger partial charge on any atom is 0.133 e. The van der Waals surface area contributed by atoms with Gasteiger partial charge in [-0.15, -0.1) is 5.54 Å². The van der Waals surface area contributed by atoms with E-state index in [1.54, 1.807) is 0 Å². The fourth-order valence-electron chi connectivity index (χ4n) is 3.46. The third-order valence-corrected chi connectivity index (χ3v) is 7.04. The highest BCUT2D eigenvalue weighted by Gasteiger charge is 2.19. The van der Waals surface area contributed by atoms with Crippen LogP contribution < -0.4 is 0 Å². The first-order valence-corrected chi connectivity index (χ1v) is 12.6. The van der Waals surface area contributed by atoms with Crippen LogP contribution in [0.15, 0.2) is 67.1 Å². The van der Waals surface area contributed by atoms with Gasteiger partial charge in [-0.3, -0.25) is 9.97 Å². The molecule has 0 bridgehead atoms.